The maximum Gasteiger partial charge on any atom is 0.418 e. The van der Waals surface area contributed by atoms with Crippen molar-refractivity contribution in [1.29, 1.82) is 5.26 Å². The van der Waals surface area contributed by atoms with Crippen molar-refractivity contribution in [2.75, 3.05) is 29.5 Å². The second kappa shape index (κ2) is 11.1. The Labute approximate surface area is 249 Å². The van der Waals surface area contributed by atoms with Crippen LogP contribution in [-0.4, -0.2) is 48.6 Å². The number of carbonyl (C=O) groups excluding carboxylic acids is 1. The standard InChI is InChI=1S/C32H33F3N4O3S/c33-32(34,35)27-7-3-4-8-28(27)39-20-26(22-9-11-23(12-10-22)38-15-17-43(41,42)18-16-38)30(37-39)25-6-2-1-5-24(25)29(40)19-31(21-36)13-14-31/h3-4,7-12,20,24-25H,1-2,5-6,13-19H2/t24-,25-/m1/s1. The van der Waals surface area contributed by atoms with Crippen molar-refractivity contribution in [3.63, 3.8) is 0 Å². The normalized spacial score (nSPS) is 23.0. The number of rotatable bonds is 7. The fourth-order valence-electron chi connectivity index (χ4n) is 6.53. The molecule has 226 valence electrons. The summed E-state index contributed by atoms with van der Waals surface area (Å²) in [5.41, 5.74) is 1.42. The van der Waals surface area contributed by atoms with Crippen LogP contribution in [0.1, 0.15) is 62.1 Å². The molecule has 0 unspecified atom stereocenters. The van der Waals surface area contributed by atoms with Crippen LogP contribution in [0, 0.1) is 22.7 Å². The van der Waals surface area contributed by atoms with E-state index >= 15 is 0 Å². The number of sulfone groups is 1. The SMILES string of the molecule is N#CC1(CC(=O)[C@@H]2CCCC[C@H]2c2nn(-c3ccccc3C(F)(F)F)cc2-c2ccc(N3CCS(=O)(=O)CC3)cc2)CC1. The Morgan fingerprint density at radius 2 is 1.70 bits per heavy atom. The smallest absolute Gasteiger partial charge is 0.369 e. The van der Waals surface area contributed by atoms with Gasteiger partial charge in [0.1, 0.15) is 5.78 Å². The Bertz CT molecular complexity index is 1660. The summed E-state index contributed by atoms with van der Waals surface area (Å²) in [6, 6.07) is 15.2. The number of para-hydroxylation sites is 1. The van der Waals surface area contributed by atoms with Gasteiger partial charge in [-0.15, -0.1) is 0 Å². The van der Waals surface area contributed by atoms with E-state index in [1.807, 2.05) is 29.2 Å². The Morgan fingerprint density at radius 3 is 2.35 bits per heavy atom. The average molecular weight is 611 g/mol. The number of nitrogens with zero attached hydrogens (tertiary/aromatic N) is 4. The average Bonchev–Trinajstić information content (AvgIpc) is 3.63. The summed E-state index contributed by atoms with van der Waals surface area (Å²) >= 11 is 0. The second-order valence-corrected chi connectivity index (χ2v) is 14.4. The molecule has 0 radical (unpaired) electrons. The van der Waals surface area contributed by atoms with Gasteiger partial charge in [0.2, 0.25) is 0 Å². The van der Waals surface area contributed by atoms with Gasteiger partial charge in [-0.3, -0.25) is 4.79 Å². The maximum atomic E-state index is 14.0. The van der Waals surface area contributed by atoms with Crippen molar-refractivity contribution in [3.05, 3.63) is 66.0 Å². The topological polar surface area (TPSA) is 96.1 Å². The van der Waals surface area contributed by atoms with Gasteiger partial charge in [0.05, 0.1) is 39.9 Å². The third kappa shape index (κ3) is 6.07. The van der Waals surface area contributed by atoms with Gasteiger partial charge in [0, 0.05) is 48.8 Å². The summed E-state index contributed by atoms with van der Waals surface area (Å²) in [5.74, 6) is -0.412. The number of halogens is 3. The zero-order valence-electron chi connectivity index (χ0n) is 23.7. The molecule has 1 saturated heterocycles. The summed E-state index contributed by atoms with van der Waals surface area (Å²) < 4.78 is 67.0. The molecule has 7 nitrogen and oxygen atoms in total. The molecular weight excluding hydrogens is 577 g/mol. The predicted octanol–water partition coefficient (Wildman–Crippen LogP) is 6.33. The van der Waals surface area contributed by atoms with E-state index in [-0.39, 0.29) is 41.2 Å². The van der Waals surface area contributed by atoms with E-state index in [9.17, 15) is 31.6 Å². The number of Topliss-reactive ketones (excluding diaryl/α,β-unsaturated/α-hetero) is 1. The fourth-order valence-corrected chi connectivity index (χ4v) is 7.73. The highest BCUT2D eigenvalue weighted by Gasteiger charge is 2.47. The van der Waals surface area contributed by atoms with Crippen molar-refractivity contribution in [3.8, 4) is 22.9 Å². The van der Waals surface area contributed by atoms with Gasteiger partial charge < -0.3 is 4.90 Å². The third-order valence-corrected chi connectivity index (χ3v) is 10.8. The molecule has 0 spiro atoms. The number of benzene rings is 2. The molecule has 2 saturated carbocycles. The molecule has 2 aromatic carbocycles. The monoisotopic (exact) mass is 610 g/mol. The summed E-state index contributed by atoms with van der Waals surface area (Å²) in [6.45, 7) is 0.796. The summed E-state index contributed by atoms with van der Waals surface area (Å²) in [5, 5.41) is 14.4. The van der Waals surface area contributed by atoms with Crippen LogP contribution in [-0.2, 0) is 20.8 Å². The molecule has 1 aromatic heterocycles. The molecule has 2 aliphatic carbocycles. The van der Waals surface area contributed by atoms with E-state index in [2.05, 4.69) is 6.07 Å². The number of aromatic nitrogens is 2. The van der Waals surface area contributed by atoms with Gasteiger partial charge >= 0.3 is 6.18 Å². The van der Waals surface area contributed by atoms with Gasteiger partial charge in [0.25, 0.3) is 0 Å². The van der Waals surface area contributed by atoms with Gasteiger partial charge in [-0.05, 0) is 55.5 Å². The van der Waals surface area contributed by atoms with Crippen molar-refractivity contribution in [2.45, 2.75) is 57.0 Å². The van der Waals surface area contributed by atoms with E-state index in [1.54, 1.807) is 12.3 Å². The molecule has 3 fully saturated rings. The van der Waals surface area contributed by atoms with Crippen LogP contribution in [0.2, 0.25) is 0 Å². The summed E-state index contributed by atoms with van der Waals surface area (Å²) in [7, 11) is -3.03. The quantitative estimate of drug-likeness (QED) is 0.310. The molecule has 2 atom stereocenters. The van der Waals surface area contributed by atoms with Crippen LogP contribution in [0.25, 0.3) is 16.8 Å². The zero-order chi connectivity index (χ0) is 30.4. The predicted molar refractivity (Wildman–Crippen MR) is 156 cm³/mol. The third-order valence-electron chi connectivity index (χ3n) is 9.22. The first-order valence-corrected chi connectivity index (χ1v) is 16.6. The number of nitriles is 1. The summed E-state index contributed by atoms with van der Waals surface area (Å²) in [6.07, 6.45) is 1.78. The van der Waals surface area contributed by atoms with Crippen molar-refractivity contribution < 1.29 is 26.4 Å². The number of alkyl halides is 3. The van der Waals surface area contributed by atoms with Crippen molar-refractivity contribution in [1.82, 2.24) is 9.78 Å². The first-order valence-electron chi connectivity index (χ1n) is 14.7. The van der Waals surface area contributed by atoms with Crippen LogP contribution in [0.5, 0.6) is 0 Å². The first kappa shape index (κ1) is 29.4. The van der Waals surface area contributed by atoms with Crippen LogP contribution in [0.4, 0.5) is 18.9 Å². The van der Waals surface area contributed by atoms with E-state index in [0.29, 0.717) is 37.2 Å². The highest BCUT2D eigenvalue weighted by atomic mass is 32.2. The van der Waals surface area contributed by atoms with Crippen LogP contribution in [0.3, 0.4) is 0 Å². The molecular formula is C32H33F3N4O3S. The van der Waals surface area contributed by atoms with E-state index in [0.717, 1.165) is 43.0 Å². The van der Waals surface area contributed by atoms with Crippen molar-refractivity contribution in [2.24, 2.45) is 11.3 Å². The van der Waals surface area contributed by atoms with Crippen LogP contribution < -0.4 is 4.90 Å². The van der Waals surface area contributed by atoms with Crippen LogP contribution >= 0.6 is 0 Å². The minimum absolute atomic E-state index is 0.0374. The van der Waals surface area contributed by atoms with E-state index in [4.69, 9.17) is 5.10 Å². The largest absolute Gasteiger partial charge is 0.418 e. The lowest BCUT2D eigenvalue weighted by Crippen LogP contribution is -2.40. The number of hydrogen-bond donors (Lipinski definition) is 0. The summed E-state index contributed by atoms with van der Waals surface area (Å²) in [4.78, 5) is 15.6. The Hall–Kier alpha value is -3.65. The Morgan fingerprint density at radius 1 is 1.02 bits per heavy atom. The maximum absolute atomic E-state index is 14.0. The zero-order valence-corrected chi connectivity index (χ0v) is 24.5. The second-order valence-electron chi connectivity index (χ2n) is 12.1. The molecule has 1 aliphatic heterocycles. The molecule has 6 rings (SSSR count). The molecule has 3 aromatic rings. The Kier molecular flexibility index (Phi) is 7.61. The van der Waals surface area contributed by atoms with Gasteiger partial charge in [-0.2, -0.15) is 23.5 Å². The highest BCUT2D eigenvalue weighted by molar-refractivity contribution is 7.91. The molecule has 0 bridgehead atoms. The van der Waals surface area contributed by atoms with Gasteiger partial charge in [-0.1, -0.05) is 37.1 Å². The van der Waals surface area contributed by atoms with Gasteiger partial charge in [-0.25, -0.2) is 13.1 Å². The number of hydrogen-bond acceptors (Lipinski definition) is 6. The minimum atomic E-state index is -4.58. The van der Waals surface area contributed by atoms with Crippen molar-refractivity contribution >= 4 is 21.3 Å². The van der Waals surface area contributed by atoms with E-state index in [1.165, 1.54) is 16.8 Å². The number of carbonyl (C=O) groups is 1. The lowest BCUT2D eigenvalue weighted by Gasteiger charge is -2.31. The Balaban J connectivity index is 1.40. The van der Waals surface area contributed by atoms with Gasteiger partial charge in [0.15, 0.2) is 9.84 Å². The minimum Gasteiger partial charge on any atom is -0.369 e. The molecule has 0 N–H and O–H groups in total. The molecule has 0 amide bonds. The molecule has 2 heterocycles. The fraction of sp³-hybridized carbons (Fsp3) is 0.469. The molecule has 3 aliphatic rings. The van der Waals surface area contributed by atoms with E-state index < -0.39 is 27.0 Å². The molecule has 11 heteroatoms. The lowest BCUT2D eigenvalue weighted by atomic mass is 9.72. The number of ketones is 1. The first-order chi connectivity index (χ1) is 20.5. The molecule has 43 heavy (non-hydrogen) atoms. The highest BCUT2D eigenvalue weighted by Crippen LogP contribution is 2.51. The lowest BCUT2D eigenvalue weighted by molar-refractivity contribution is -0.137. The van der Waals surface area contributed by atoms with Crippen LogP contribution in [0.15, 0.2) is 54.7 Å². The number of anilines is 1.